The summed E-state index contributed by atoms with van der Waals surface area (Å²) in [5, 5.41) is 10.4. The minimum absolute atomic E-state index is 0.449. The average Bonchev–Trinajstić information content (AvgIpc) is 2.20. The van der Waals surface area contributed by atoms with E-state index < -0.39 is 5.60 Å². The monoisotopic (exact) mass is 215 g/mol. The normalized spacial score (nSPS) is 32.2. The second-order valence-corrected chi connectivity index (χ2v) is 5.14. The van der Waals surface area contributed by atoms with E-state index in [4.69, 9.17) is 4.74 Å². The van der Waals surface area contributed by atoms with Crippen molar-refractivity contribution in [3.05, 3.63) is 0 Å². The summed E-state index contributed by atoms with van der Waals surface area (Å²) in [6.45, 7) is 4.69. The van der Waals surface area contributed by atoms with Crippen molar-refractivity contribution < 1.29 is 9.84 Å². The number of nitrogens with zero attached hydrogens (tertiary/aromatic N) is 1. The van der Waals surface area contributed by atoms with Gasteiger partial charge in [0.15, 0.2) is 0 Å². The molecule has 3 nitrogen and oxygen atoms in total. The molecule has 0 aliphatic heterocycles. The fraction of sp³-hybridized carbons (Fsp3) is 1.00. The summed E-state index contributed by atoms with van der Waals surface area (Å²) in [5.41, 5.74) is -0.449. The quantitative estimate of drug-likeness (QED) is 0.754. The van der Waals surface area contributed by atoms with Crippen LogP contribution in [0.5, 0.6) is 0 Å². The Labute approximate surface area is 93.4 Å². The number of hydrogen-bond donors (Lipinski definition) is 1. The molecule has 0 aromatic carbocycles. The number of ether oxygens (including phenoxy) is 1. The molecule has 0 atom stereocenters. The van der Waals surface area contributed by atoms with Gasteiger partial charge < -0.3 is 14.7 Å². The molecule has 0 radical (unpaired) electrons. The Morgan fingerprint density at radius 3 is 2.53 bits per heavy atom. The molecule has 15 heavy (non-hydrogen) atoms. The zero-order valence-electron chi connectivity index (χ0n) is 10.3. The molecule has 1 saturated carbocycles. The minimum atomic E-state index is -0.449. The lowest BCUT2D eigenvalue weighted by Gasteiger charge is -2.37. The summed E-state index contributed by atoms with van der Waals surface area (Å²) in [4.78, 5) is 2.17. The van der Waals surface area contributed by atoms with Crippen molar-refractivity contribution in [1.29, 1.82) is 0 Å². The summed E-state index contributed by atoms with van der Waals surface area (Å²) >= 11 is 0. The molecule has 3 heteroatoms. The van der Waals surface area contributed by atoms with Crippen LogP contribution in [0, 0.1) is 5.92 Å². The van der Waals surface area contributed by atoms with Gasteiger partial charge in [0.1, 0.15) is 0 Å². The Balaban J connectivity index is 2.29. The van der Waals surface area contributed by atoms with Gasteiger partial charge in [0.2, 0.25) is 0 Å². The Kier molecular flexibility index (Phi) is 5.03. The van der Waals surface area contributed by atoms with Gasteiger partial charge in [0, 0.05) is 20.2 Å². The van der Waals surface area contributed by atoms with Crippen LogP contribution in [0.2, 0.25) is 0 Å². The van der Waals surface area contributed by atoms with Crippen molar-refractivity contribution in [2.45, 2.75) is 38.2 Å². The highest BCUT2D eigenvalue weighted by atomic mass is 16.5. The minimum Gasteiger partial charge on any atom is -0.389 e. The van der Waals surface area contributed by atoms with Crippen LogP contribution in [0.4, 0.5) is 0 Å². The van der Waals surface area contributed by atoms with Crippen LogP contribution in [-0.4, -0.2) is 49.5 Å². The average molecular weight is 215 g/mol. The van der Waals surface area contributed by atoms with Gasteiger partial charge in [-0.25, -0.2) is 0 Å². The van der Waals surface area contributed by atoms with Crippen molar-refractivity contribution >= 4 is 0 Å². The molecular formula is C12H25NO2. The summed E-state index contributed by atoms with van der Waals surface area (Å²) in [6.07, 6.45) is 4.22. The van der Waals surface area contributed by atoms with Gasteiger partial charge in [-0.15, -0.1) is 0 Å². The molecule has 0 saturated heterocycles. The summed E-state index contributed by atoms with van der Waals surface area (Å²) < 4.78 is 5.03. The van der Waals surface area contributed by atoms with E-state index in [-0.39, 0.29) is 0 Å². The first-order valence-corrected chi connectivity index (χ1v) is 5.95. The van der Waals surface area contributed by atoms with Crippen LogP contribution in [0.3, 0.4) is 0 Å². The zero-order chi connectivity index (χ0) is 11.3. The van der Waals surface area contributed by atoms with Crippen molar-refractivity contribution in [3.8, 4) is 0 Å². The first-order valence-electron chi connectivity index (χ1n) is 5.95. The molecular weight excluding hydrogens is 190 g/mol. The predicted octanol–water partition coefficient (Wildman–Crippen LogP) is 1.51. The van der Waals surface area contributed by atoms with E-state index in [9.17, 15) is 5.11 Å². The first-order chi connectivity index (χ1) is 7.06. The molecule has 0 bridgehead atoms. The lowest BCUT2D eigenvalue weighted by molar-refractivity contribution is -0.0329. The highest BCUT2D eigenvalue weighted by Crippen LogP contribution is 2.32. The van der Waals surface area contributed by atoms with Gasteiger partial charge in [-0.3, -0.25) is 0 Å². The molecule has 1 fully saturated rings. The highest BCUT2D eigenvalue weighted by molar-refractivity contribution is 4.86. The SMILES string of the molecule is COCCN(C)CC1(O)CCC(C)CC1. The number of aliphatic hydroxyl groups is 1. The van der Waals surface area contributed by atoms with E-state index in [2.05, 4.69) is 18.9 Å². The number of likely N-dealkylation sites (N-methyl/N-ethyl adjacent to an activating group) is 1. The van der Waals surface area contributed by atoms with Crippen molar-refractivity contribution in [3.63, 3.8) is 0 Å². The Morgan fingerprint density at radius 1 is 1.40 bits per heavy atom. The maximum atomic E-state index is 10.4. The molecule has 0 amide bonds. The maximum absolute atomic E-state index is 10.4. The summed E-state index contributed by atoms with van der Waals surface area (Å²) in [7, 11) is 3.76. The molecule has 0 spiro atoms. The molecule has 0 heterocycles. The van der Waals surface area contributed by atoms with E-state index >= 15 is 0 Å². The third-order valence-electron chi connectivity index (χ3n) is 3.45. The van der Waals surface area contributed by atoms with E-state index in [1.54, 1.807) is 7.11 Å². The molecule has 1 aliphatic rings. The Bertz CT molecular complexity index is 176. The molecule has 90 valence electrons. The van der Waals surface area contributed by atoms with E-state index in [1.807, 2.05) is 0 Å². The van der Waals surface area contributed by atoms with Crippen LogP contribution in [-0.2, 0) is 4.74 Å². The van der Waals surface area contributed by atoms with Gasteiger partial charge in [-0.2, -0.15) is 0 Å². The lowest BCUT2D eigenvalue weighted by Crippen LogP contribution is -2.44. The molecule has 1 rings (SSSR count). The molecule has 0 unspecified atom stereocenters. The second kappa shape index (κ2) is 5.83. The van der Waals surface area contributed by atoms with Crippen LogP contribution in [0.15, 0.2) is 0 Å². The van der Waals surface area contributed by atoms with Gasteiger partial charge in [0.25, 0.3) is 0 Å². The van der Waals surface area contributed by atoms with E-state index in [0.29, 0.717) is 0 Å². The third kappa shape index (κ3) is 4.49. The Morgan fingerprint density at radius 2 is 2.00 bits per heavy atom. The lowest BCUT2D eigenvalue weighted by atomic mass is 9.79. The summed E-state index contributed by atoms with van der Waals surface area (Å²) in [5.74, 6) is 0.787. The van der Waals surface area contributed by atoms with Crippen LogP contribution >= 0.6 is 0 Å². The molecule has 0 aromatic heterocycles. The smallest absolute Gasteiger partial charge is 0.0774 e. The fourth-order valence-corrected chi connectivity index (χ4v) is 2.29. The largest absolute Gasteiger partial charge is 0.389 e. The molecule has 0 aromatic rings. The van der Waals surface area contributed by atoms with Gasteiger partial charge in [-0.05, 0) is 38.6 Å². The van der Waals surface area contributed by atoms with Crippen molar-refractivity contribution in [2.75, 3.05) is 33.9 Å². The molecule has 1 N–H and O–H groups in total. The summed E-state index contributed by atoms with van der Waals surface area (Å²) in [6, 6.07) is 0. The fourth-order valence-electron chi connectivity index (χ4n) is 2.29. The number of hydrogen-bond acceptors (Lipinski definition) is 3. The van der Waals surface area contributed by atoms with Crippen LogP contribution < -0.4 is 0 Å². The van der Waals surface area contributed by atoms with E-state index in [0.717, 1.165) is 51.3 Å². The Hall–Kier alpha value is -0.120. The second-order valence-electron chi connectivity index (χ2n) is 5.14. The van der Waals surface area contributed by atoms with Gasteiger partial charge in [0.05, 0.1) is 12.2 Å². The number of rotatable bonds is 5. The van der Waals surface area contributed by atoms with Gasteiger partial charge in [-0.1, -0.05) is 6.92 Å². The zero-order valence-corrected chi connectivity index (χ0v) is 10.3. The van der Waals surface area contributed by atoms with Crippen molar-refractivity contribution in [1.82, 2.24) is 4.90 Å². The standard InChI is InChI=1S/C12H25NO2/c1-11-4-6-12(14,7-5-11)10-13(2)8-9-15-3/h11,14H,4-10H2,1-3H3. The van der Waals surface area contributed by atoms with Gasteiger partial charge >= 0.3 is 0 Å². The maximum Gasteiger partial charge on any atom is 0.0774 e. The topological polar surface area (TPSA) is 32.7 Å². The third-order valence-corrected chi connectivity index (χ3v) is 3.45. The van der Waals surface area contributed by atoms with Crippen LogP contribution in [0.25, 0.3) is 0 Å². The number of methoxy groups -OCH3 is 1. The van der Waals surface area contributed by atoms with Crippen LogP contribution in [0.1, 0.15) is 32.6 Å². The molecule has 1 aliphatic carbocycles. The predicted molar refractivity (Wildman–Crippen MR) is 62.0 cm³/mol. The van der Waals surface area contributed by atoms with Crippen molar-refractivity contribution in [2.24, 2.45) is 5.92 Å². The first kappa shape index (κ1) is 12.9. The highest BCUT2D eigenvalue weighted by Gasteiger charge is 2.32. The van der Waals surface area contributed by atoms with E-state index in [1.165, 1.54) is 0 Å².